The van der Waals surface area contributed by atoms with E-state index in [4.69, 9.17) is 4.74 Å². The molecule has 1 aliphatic heterocycles. The quantitative estimate of drug-likeness (QED) is 0.363. The number of hydrogen-bond donors (Lipinski definition) is 3. The maximum atomic E-state index is 12.5. The third-order valence-corrected chi connectivity index (χ3v) is 4.26. The molecule has 1 saturated heterocycles. The van der Waals surface area contributed by atoms with Crippen LogP contribution in [0.3, 0.4) is 0 Å². The zero-order valence-electron chi connectivity index (χ0n) is 15.8. The second kappa shape index (κ2) is 9.77. The molecule has 6 nitrogen and oxygen atoms in total. The number of alkyl halides is 3. The first kappa shape index (κ1) is 21.3. The average molecular weight is 387 g/mol. The first-order valence-corrected chi connectivity index (χ1v) is 9.26. The number of guanidine groups is 1. The van der Waals surface area contributed by atoms with Crippen molar-refractivity contribution in [2.75, 3.05) is 38.1 Å². The predicted octanol–water partition coefficient (Wildman–Crippen LogP) is 3.03. The summed E-state index contributed by atoms with van der Waals surface area (Å²) in [6, 6.07) is 2.36. The lowest BCUT2D eigenvalue weighted by Crippen LogP contribution is -2.40. The highest BCUT2D eigenvalue weighted by Crippen LogP contribution is 2.28. The SMILES string of the molecule is CCNC(=NCC1(C)CCCO1)NCCCNc1ccc(C(F)(F)F)cn1. The molecule has 152 valence electrons. The highest BCUT2D eigenvalue weighted by atomic mass is 19.4. The third kappa shape index (κ3) is 7.24. The first-order chi connectivity index (χ1) is 12.8. The molecule has 3 N–H and O–H groups in total. The summed E-state index contributed by atoms with van der Waals surface area (Å²) in [4.78, 5) is 8.37. The molecule has 1 aliphatic rings. The van der Waals surface area contributed by atoms with Gasteiger partial charge >= 0.3 is 6.18 Å². The molecule has 0 radical (unpaired) electrons. The van der Waals surface area contributed by atoms with Crippen LogP contribution in [0.15, 0.2) is 23.3 Å². The molecule has 0 saturated carbocycles. The average Bonchev–Trinajstić information content (AvgIpc) is 3.06. The molecule has 2 heterocycles. The van der Waals surface area contributed by atoms with E-state index in [0.29, 0.717) is 25.5 Å². The van der Waals surface area contributed by atoms with Crippen molar-refractivity contribution in [3.63, 3.8) is 0 Å². The van der Waals surface area contributed by atoms with Crippen molar-refractivity contribution < 1.29 is 17.9 Å². The summed E-state index contributed by atoms with van der Waals surface area (Å²) in [5.41, 5.74) is -0.931. The van der Waals surface area contributed by atoms with E-state index in [1.807, 2.05) is 6.92 Å². The number of pyridine rings is 1. The Labute approximate surface area is 158 Å². The van der Waals surface area contributed by atoms with Gasteiger partial charge in [-0.2, -0.15) is 13.2 Å². The number of anilines is 1. The van der Waals surface area contributed by atoms with Gasteiger partial charge in [0.2, 0.25) is 0 Å². The van der Waals surface area contributed by atoms with Gasteiger partial charge in [0.25, 0.3) is 0 Å². The minimum Gasteiger partial charge on any atom is -0.373 e. The fraction of sp³-hybridized carbons (Fsp3) is 0.667. The number of halogens is 3. The van der Waals surface area contributed by atoms with E-state index in [1.54, 1.807) is 0 Å². The van der Waals surface area contributed by atoms with E-state index in [-0.39, 0.29) is 5.60 Å². The molecular formula is C18H28F3N5O. The van der Waals surface area contributed by atoms with Crippen molar-refractivity contribution in [2.45, 2.75) is 44.9 Å². The normalized spacial score (nSPS) is 20.6. The van der Waals surface area contributed by atoms with Crippen LogP contribution in [-0.2, 0) is 10.9 Å². The van der Waals surface area contributed by atoms with E-state index in [1.165, 1.54) is 6.07 Å². The predicted molar refractivity (Wildman–Crippen MR) is 99.9 cm³/mol. The van der Waals surface area contributed by atoms with Gasteiger partial charge in [-0.15, -0.1) is 0 Å². The lowest BCUT2D eigenvalue weighted by Gasteiger charge is -2.21. The molecule has 0 aliphatic carbocycles. The van der Waals surface area contributed by atoms with Crippen molar-refractivity contribution in [1.29, 1.82) is 0 Å². The summed E-state index contributed by atoms with van der Waals surface area (Å²) in [7, 11) is 0. The molecule has 1 fully saturated rings. The van der Waals surface area contributed by atoms with E-state index in [0.717, 1.165) is 50.6 Å². The summed E-state index contributed by atoms with van der Waals surface area (Å²) in [5.74, 6) is 1.16. The number of hydrogen-bond acceptors (Lipinski definition) is 4. The fourth-order valence-electron chi connectivity index (χ4n) is 2.73. The van der Waals surface area contributed by atoms with Gasteiger partial charge in [0.15, 0.2) is 5.96 Å². The summed E-state index contributed by atoms with van der Waals surface area (Å²) in [6.07, 6.45) is -0.680. The van der Waals surface area contributed by atoms with Crippen LogP contribution in [0.25, 0.3) is 0 Å². The lowest BCUT2D eigenvalue weighted by molar-refractivity contribution is -0.137. The third-order valence-electron chi connectivity index (χ3n) is 4.26. The zero-order chi connectivity index (χ0) is 19.8. The molecule has 1 atom stereocenters. The number of nitrogens with one attached hydrogen (secondary N) is 3. The second-order valence-electron chi connectivity index (χ2n) is 6.73. The van der Waals surface area contributed by atoms with Gasteiger partial charge < -0.3 is 20.7 Å². The van der Waals surface area contributed by atoms with Gasteiger partial charge in [0, 0.05) is 32.4 Å². The van der Waals surface area contributed by atoms with Gasteiger partial charge in [-0.05, 0) is 45.2 Å². The monoisotopic (exact) mass is 387 g/mol. The van der Waals surface area contributed by atoms with Gasteiger partial charge in [0.05, 0.1) is 17.7 Å². The van der Waals surface area contributed by atoms with Gasteiger partial charge in [0.1, 0.15) is 5.82 Å². The maximum absolute atomic E-state index is 12.5. The number of ether oxygens (including phenoxy) is 1. The Morgan fingerprint density at radius 2 is 2.11 bits per heavy atom. The molecule has 0 aromatic carbocycles. The number of nitrogens with zero attached hydrogens (tertiary/aromatic N) is 2. The molecule has 1 unspecified atom stereocenters. The van der Waals surface area contributed by atoms with Crippen LogP contribution in [0, 0.1) is 0 Å². The summed E-state index contributed by atoms with van der Waals surface area (Å²) < 4.78 is 43.2. The molecule has 0 amide bonds. The van der Waals surface area contributed by atoms with Gasteiger partial charge in [-0.1, -0.05) is 0 Å². The lowest BCUT2D eigenvalue weighted by atomic mass is 10.0. The molecule has 2 rings (SSSR count). The molecular weight excluding hydrogens is 359 g/mol. The van der Waals surface area contributed by atoms with Crippen LogP contribution in [-0.4, -0.2) is 49.3 Å². The molecule has 0 spiro atoms. The summed E-state index contributed by atoms with van der Waals surface area (Å²) in [5, 5.41) is 9.46. The fourth-order valence-corrected chi connectivity index (χ4v) is 2.73. The maximum Gasteiger partial charge on any atom is 0.417 e. The van der Waals surface area contributed by atoms with Crippen molar-refractivity contribution >= 4 is 11.8 Å². The van der Waals surface area contributed by atoms with Crippen molar-refractivity contribution in [3.8, 4) is 0 Å². The highest BCUT2D eigenvalue weighted by molar-refractivity contribution is 5.79. The highest BCUT2D eigenvalue weighted by Gasteiger charge is 2.30. The molecule has 0 bridgehead atoms. The van der Waals surface area contributed by atoms with Gasteiger partial charge in [-0.3, -0.25) is 4.99 Å². The van der Waals surface area contributed by atoms with E-state index in [9.17, 15) is 13.2 Å². The Morgan fingerprint density at radius 1 is 1.30 bits per heavy atom. The first-order valence-electron chi connectivity index (χ1n) is 9.26. The molecule has 1 aromatic heterocycles. The largest absolute Gasteiger partial charge is 0.417 e. The Hall–Kier alpha value is -2.03. The van der Waals surface area contributed by atoms with Crippen LogP contribution in [0.4, 0.5) is 19.0 Å². The van der Waals surface area contributed by atoms with Crippen LogP contribution in [0.1, 0.15) is 38.7 Å². The van der Waals surface area contributed by atoms with Gasteiger partial charge in [-0.25, -0.2) is 4.98 Å². The van der Waals surface area contributed by atoms with Crippen LogP contribution in [0.2, 0.25) is 0 Å². The minimum atomic E-state index is -4.36. The Bertz CT molecular complexity index is 598. The van der Waals surface area contributed by atoms with Crippen LogP contribution >= 0.6 is 0 Å². The van der Waals surface area contributed by atoms with Crippen LogP contribution < -0.4 is 16.0 Å². The smallest absolute Gasteiger partial charge is 0.373 e. The number of aromatic nitrogens is 1. The number of aliphatic imine (C=N–C) groups is 1. The molecule has 27 heavy (non-hydrogen) atoms. The minimum absolute atomic E-state index is 0.182. The second-order valence-corrected chi connectivity index (χ2v) is 6.73. The standard InChI is InChI=1S/C18H28F3N5O/c1-3-22-16(26-13-17(2)8-4-11-27-17)24-10-5-9-23-15-7-6-14(12-25-15)18(19,20)21/h6-7,12H,3-5,8-11,13H2,1-2H3,(H,23,25)(H2,22,24,26). The number of rotatable bonds is 8. The van der Waals surface area contributed by atoms with Crippen molar-refractivity contribution in [3.05, 3.63) is 23.9 Å². The molecule has 9 heteroatoms. The van der Waals surface area contributed by atoms with E-state index < -0.39 is 11.7 Å². The Morgan fingerprint density at radius 3 is 2.70 bits per heavy atom. The Balaban J connectivity index is 1.70. The van der Waals surface area contributed by atoms with E-state index in [2.05, 4.69) is 32.9 Å². The van der Waals surface area contributed by atoms with Crippen LogP contribution in [0.5, 0.6) is 0 Å². The zero-order valence-corrected chi connectivity index (χ0v) is 15.8. The topological polar surface area (TPSA) is 70.6 Å². The Kier molecular flexibility index (Phi) is 7.70. The van der Waals surface area contributed by atoms with E-state index >= 15 is 0 Å². The molecule has 1 aromatic rings. The van der Waals surface area contributed by atoms with Crippen molar-refractivity contribution in [1.82, 2.24) is 15.6 Å². The summed E-state index contributed by atoms with van der Waals surface area (Å²) >= 11 is 0. The van der Waals surface area contributed by atoms with Crippen molar-refractivity contribution in [2.24, 2.45) is 4.99 Å². The summed E-state index contributed by atoms with van der Waals surface area (Å²) in [6.45, 7) is 7.51.